The number of hydroxylamine groups is 1. The van der Waals surface area contributed by atoms with Crippen LogP contribution in [0.15, 0.2) is 54.6 Å². The standard InChI is InChI=1S/C34H45N3O6/c1-24(2)21-29-28-13-8-10-20-42-27-17-15-25(16-18-27)22-30(37(33(28)40)34(29)41)32(39)35-19-9-4-7-14-31(38)36-43-23-26-11-5-3-6-12-26/h3,5-6,11-12,15-18,24,28-30H,4,7-10,13-14,19-23H2,1-2H3,(H,35,39)(H,36,38)/t28-,29-,30+/m1/s1. The average molecular weight is 592 g/mol. The Hall–Kier alpha value is -3.72. The molecule has 3 atom stereocenters. The maximum absolute atomic E-state index is 13.7. The highest BCUT2D eigenvalue weighted by Crippen LogP contribution is 2.37. The Morgan fingerprint density at radius 3 is 2.49 bits per heavy atom. The summed E-state index contributed by atoms with van der Waals surface area (Å²) >= 11 is 0. The average Bonchev–Trinajstić information content (AvgIpc) is 3.21. The monoisotopic (exact) mass is 591 g/mol. The van der Waals surface area contributed by atoms with Crippen molar-refractivity contribution in [3.63, 3.8) is 0 Å². The van der Waals surface area contributed by atoms with Crippen LogP contribution in [-0.4, -0.2) is 47.7 Å². The van der Waals surface area contributed by atoms with Gasteiger partial charge in [-0.05, 0) is 67.7 Å². The maximum Gasteiger partial charge on any atom is 0.243 e. The molecule has 0 aliphatic carbocycles. The number of rotatable bonds is 12. The minimum Gasteiger partial charge on any atom is -0.494 e. The van der Waals surface area contributed by atoms with Gasteiger partial charge < -0.3 is 10.1 Å². The number of carbonyl (C=O) groups excluding carboxylic acids is 4. The first-order chi connectivity index (χ1) is 20.8. The fourth-order valence-corrected chi connectivity index (χ4v) is 5.86. The first-order valence-corrected chi connectivity index (χ1v) is 15.6. The molecule has 3 aliphatic heterocycles. The molecular weight excluding hydrogens is 546 g/mol. The van der Waals surface area contributed by atoms with Gasteiger partial charge >= 0.3 is 0 Å². The Balaban J connectivity index is 1.32. The van der Waals surface area contributed by atoms with Crippen LogP contribution in [0.2, 0.25) is 0 Å². The van der Waals surface area contributed by atoms with Gasteiger partial charge in [0.1, 0.15) is 11.8 Å². The van der Waals surface area contributed by atoms with Crippen molar-refractivity contribution < 1.29 is 28.8 Å². The molecule has 0 radical (unpaired) electrons. The Labute approximate surface area is 254 Å². The molecule has 0 unspecified atom stereocenters. The van der Waals surface area contributed by atoms with Gasteiger partial charge in [-0.1, -0.05) is 62.7 Å². The summed E-state index contributed by atoms with van der Waals surface area (Å²) in [6.07, 6.45) is 5.42. The normalized spacial score (nSPS) is 20.5. The molecule has 4 bridgehead atoms. The first-order valence-electron chi connectivity index (χ1n) is 15.6. The second kappa shape index (κ2) is 16.2. The molecule has 9 heteroatoms. The van der Waals surface area contributed by atoms with Gasteiger partial charge in [0.2, 0.25) is 23.6 Å². The van der Waals surface area contributed by atoms with Crippen molar-refractivity contribution in [2.45, 2.75) is 84.3 Å². The lowest BCUT2D eigenvalue weighted by Crippen LogP contribution is -2.51. The number of imide groups is 1. The van der Waals surface area contributed by atoms with Gasteiger partial charge in [0, 0.05) is 19.4 Å². The van der Waals surface area contributed by atoms with Crippen molar-refractivity contribution in [3.8, 4) is 5.75 Å². The third-order valence-electron chi connectivity index (χ3n) is 8.11. The van der Waals surface area contributed by atoms with Gasteiger partial charge in [0.05, 0.1) is 25.0 Å². The van der Waals surface area contributed by atoms with Gasteiger partial charge in [-0.3, -0.25) is 28.9 Å². The van der Waals surface area contributed by atoms with Crippen molar-refractivity contribution in [1.82, 2.24) is 15.7 Å². The number of nitrogens with zero attached hydrogens (tertiary/aromatic N) is 1. The van der Waals surface area contributed by atoms with Crippen LogP contribution < -0.4 is 15.5 Å². The molecule has 0 aromatic heterocycles. The first kappa shape index (κ1) is 32.2. The molecule has 3 heterocycles. The number of amides is 4. The van der Waals surface area contributed by atoms with Gasteiger partial charge in [0.25, 0.3) is 0 Å². The number of unbranched alkanes of at least 4 members (excludes halogenated alkanes) is 2. The van der Waals surface area contributed by atoms with Crippen molar-refractivity contribution >= 4 is 23.6 Å². The summed E-state index contributed by atoms with van der Waals surface area (Å²) in [4.78, 5) is 59.6. The molecule has 1 saturated heterocycles. The van der Waals surface area contributed by atoms with E-state index in [2.05, 4.69) is 24.6 Å². The summed E-state index contributed by atoms with van der Waals surface area (Å²) in [6, 6.07) is 16.2. The van der Waals surface area contributed by atoms with Crippen molar-refractivity contribution in [2.75, 3.05) is 13.2 Å². The number of hydrogen-bond donors (Lipinski definition) is 2. The Bertz CT molecular complexity index is 1220. The number of ether oxygens (including phenoxy) is 1. The van der Waals surface area contributed by atoms with Gasteiger partial charge in [-0.25, -0.2) is 5.48 Å². The minimum atomic E-state index is -0.915. The van der Waals surface area contributed by atoms with E-state index in [-0.39, 0.29) is 36.0 Å². The molecule has 4 amide bonds. The van der Waals surface area contributed by atoms with Crippen LogP contribution in [0.4, 0.5) is 0 Å². The van der Waals surface area contributed by atoms with Crippen LogP contribution in [0, 0.1) is 17.8 Å². The quantitative estimate of drug-likeness (QED) is 0.210. The predicted molar refractivity (Wildman–Crippen MR) is 162 cm³/mol. The molecule has 3 aliphatic rings. The van der Waals surface area contributed by atoms with Gasteiger partial charge in [-0.15, -0.1) is 0 Å². The molecule has 9 nitrogen and oxygen atoms in total. The number of carbonyl (C=O) groups is 4. The predicted octanol–water partition coefficient (Wildman–Crippen LogP) is 4.73. The molecule has 2 aromatic rings. The summed E-state index contributed by atoms with van der Waals surface area (Å²) in [5.74, 6) is -0.760. The lowest BCUT2D eigenvalue weighted by Gasteiger charge is -2.26. The molecule has 43 heavy (non-hydrogen) atoms. The van der Waals surface area contributed by atoms with E-state index in [0.717, 1.165) is 36.1 Å². The van der Waals surface area contributed by atoms with E-state index in [1.165, 1.54) is 4.90 Å². The highest BCUT2D eigenvalue weighted by atomic mass is 16.6. The Morgan fingerprint density at radius 1 is 0.977 bits per heavy atom. The number of fused-ring (bicyclic) bond motifs is 7. The molecule has 2 aromatic carbocycles. The zero-order valence-electron chi connectivity index (χ0n) is 25.4. The van der Waals surface area contributed by atoms with Crippen LogP contribution in [0.1, 0.15) is 76.3 Å². The van der Waals surface area contributed by atoms with Crippen LogP contribution >= 0.6 is 0 Å². The highest BCUT2D eigenvalue weighted by molar-refractivity contribution is 6.08. The Kier molecular flexibility index (Phi) is 12.1. The fourth-order valence-electron chi connectivity index (χ4n) is 5.86. The minimum absolute atomic E-state index is 0.187. The second-order valence-corrected chi connectivity index (χ2v) is 12.0. The van der Waals surface area contributed by atoms with Gasteiger partial charge in [0.15, 0.2) is 0 Å². The third kappa shape index (κ3) is 9.38. The van der Waals surface area contributed by atoms with E-state index in [1.807, 2.05) is 54.6 Å². The smallest absolute Gasteiger partial charge is 0.243 e. The molecule has 2 N–H and O–H groups in total. The fraction of sp³-hybridized carbons (Fsp3) is 0.529. The Morgan fingerprint density at radius 2 is 1.74 bits per heavy atom. The van der Waals surface area contributed by atoms with E-state index in [9.17, 15) is 19.2 Å². The summed E-state index contributed by atoms with van der Waals surface area (Å²) in [5, 5.41) is 2.96. The highest BCUT2D eigenvalue weighted by Gasteiger charge is 2.51. The maximum atomic E-state index is 13.7. The molecular formula is C34H45N3O6. The summed E-state index contributed by atoms with van der Waals surface area (Å²) < 4.78 is 5.86. The van der Waals surface area contributed by atoms with Crippen LogP contribution in [0.3, 0.4) is 0 Å². The zero-order chi connectivity index (χ0) is 30.6. The van der Waals surface area contributed by atoms with E-state index in [4.69, 9.17) is 9.57 Å². The van der Waals surface area contributed by atoms with Crippen LogP contribution in [0.5, 0.6) is 5.75 Å². The second-order valence-electron chi connectivity index (χ2n) is 12.0. The molecule has 5 rings (SSSR count). The van der Waals surface area contributed by atoms with E-state index >= 15 is 0 Å². The largest absolute Gasteiger partial charge is 0.494 e. The topological polar surface area (TPSA) is 114 Å². The number of benzene rings is 2. The van der Waals surface area contributed by atoms with Crippen LogP contribution in [-0.2, 0) is 37.0 Å². The van der Waals surface area contributed by atoms with E-state index in [0.29, 0.717) is 51.9 Å². The van der Waals surface area contributed by atoms with Gasteiger partial charge in [-0.2, -0.15) is 0 Å². The molecule has 1 fully saturated rings. The molecule has 0 spiro atoms. The number of hydrogen-bond acceptors (Lipinski definition) is 6. The number of nitrogens with one attached hydrogen (secondary N) is 2. The van der Waals surface area contributed by atoms with Crippen molar-refractivity contribution in [1.29, 1.82) is 0 Å². The zero-order valence-corrected chi connectivity index (χ0v) is 25.4. The summed E-state index contributed by atoms with van der Waals surface area (Å²) in [7, 11) is 0. The van der Waals surface area contributed by atoms with Crippen molar-refractivity contribution in [2.24, 2.45) is 17.8 Å². The van der Waals surface area contributed by atoms with E-state index < -0.39 is 17.9 Å². The van der Waals surface area contributed by atoms with Crippen LogP contribution in [0.25, 0.3) is 0 Å². The SMILES string of the molecule is CC(C)C[C@H]1C(=O)N2C(=O)[C@@H]1CCCCOc1ccc(cc1)C[C@H]2C(=O)NCCCCCC(=O)NOCc1ccccc1. The lowest BCUT2D eigenvalue weighted by atomic mass is 9.84. The third-order valence-corrected chi connectivity index (χ3v) is 8.11. The summed E-state index contributed by atoms with van der Waals surface area (Å²) in [6.45, 7) is 5.37. The molecule has 0 saturated carbocycles. The summed E-state index contributed by atoms with van der Waals surface area (Å²) in [5.41, 5.74) is 4.30. The molecule has 232 valence electrons. The van der Waals surface area contributed by atoms with Crippen molar-refractivity contribution in [3.05, 3.63) is 65.7 Å². The van der Waals surface area contributed by atoms with E-state index in [1.54, 1.807) is 0 Å². The lowest BCUT2D eigenvalue weighted by molar-refractivity contribution is -0.148.